The molecule has 1 aliphatic heterocycles. The fraction of sp³-hybridized carbons (Fsp3) is 0.917. The van der Waals surface area contributed by atoms with Crippen LogP contribution >= 0.6 is 0 Å². The average Bonchev–Trinajstić information content (AvgIpc) is 2.58. The number of hydrogen-bond donors (Lipinski definition) is 0. The Balaban J connectivity index is 2.00. The van der Waals surface area contributed by atoms with Gasteiger partial charge < -0.3 is 9.64 Å². The third-order valence-electron chi connectivity index (χ3n) is 3.88. The highest BCUT2D eigenvalue weighted by atomic mass is 16.5. The van der Waals surface area contributed by atoms with Gasteiger partial charge in [-0.25, -0.2) is 0 Å². The Kier molecular flexibility index (Phi) is 3.01. The molecule has 0 aromatic heterocycles. The van der Waals surface area contributed by atoms with E-state index in [-0.39, 0.29) is 11.3 Å². The molecule has 1 saturated heterocycles. The first kappa shape index (κ1) is 10.9. The number of amides is 1. The van der Waals surface area contributed by atoms with E-state index in [2.05, 4.69) is 13.8 Å². The number of ether oxygens (including phenoxy) is 1. The standard InChI is InChI=1S/C12H21NO2/c1-12(2)5-3-4-10(12)11(14)13-6-8-15-9-7-13/h10H,3-9H2,1-2H3. The molecule has 1 heterocycles. The topological polar surface area (TPSA) is 29.5 Å². The Labute approximate surface area is 91.8 Å². The SMILES string of the molecule is CC1(C)CCCC1C(=O)N1CCOCC1. The summed E-state index contributed by atoms with van der Waals surface area (Å²) in [5.41, 5.74) is 0.204. The van der Waals surface area contributed by atoms with Crippen LogP contribution in [0.4, 0.5) is 0 Å². The van der Waals surface area contributed by atoms with Crippen molar-refractivity contribution in [3.05, 3.63) is 0 Å². The molecule has 1 saturated carbocycles. The Morgan fingerprint density at radius 1 is 1.33 bits per heavy atom. The lowest BCUT2D eigenvalue weighted by Gasteiger charge is -2.34. The lowest BCUT2D eigenvalue weighted by molar-refractivity contribution is -0.142. The minimum absolute atomic E-state index is 0.204. The van der Waals surface area contributed by atoms with E-state index in [1.807, 2.05) is 4.90 Å². The van der Waals surface area contributed by atoms with Crippen LogP contribution in [0.15, 0.2) is 0 Å². The Hall–Kier alpha value is -0.570. The van der Waals surface area contributed by atoms with E-state index >= 15 is 0 Å². The van der Waals surface area contributed by atoms with Gasteiger partial charge in [-0.05, 0) is 18.3 Å². The van der Waals surface area contributed by atoms with E-state index in [0.29, 0.717) is 19.1 Å². The molecule has 1 atom stereocenters. The fourth-order valence-corrected chi connectivity index (χ4v) is 2.79. The van der Waals surface area contributed by atoms with E-state index in [1.54, 1.807) is 0 Å². The van der Waals surface area contributed by atoms with Crippen molar-refractivity contribution in [2.24, 2.45) is 11.3 Å². The molecule has 3 heteroatoms. The Bertz CT molecular complexity index is 244. The van der Waals surface area contributed by atoms with Crippen LogP contribution in [0, 0.1) is 11.3 Å². The van der Waals surface area contributed by atoms with Crippen molar-refractivity contribution in [2.45, 2.75) is 33.1 Å². The zero-order chi connectivity index (χ0) is 10.9. The zero-order valence-corrected chi connectivity index (χ0v) is 9.79. The summed E-state index contributed by atoms with van der Waals surface area (Å²) in [5.74, 6) is 0.608. The third-order valence-corrected chi connectivity index (χ3v) is 3.88. The van der Waals surface area contributed by atoms with Crippen LogP contribution in [0.2, 0.25) is 0 Å². The summed E-state index contributed by atoms with van der Waals surface area (Å²) < 4.78 is 5.27. The molecular formula is C12H21NO2. The normalized spacial score (nSPS) is 30.5. The maximum Gasteiger partial charge on any atom is 0.226 e. The predicted octanol–water partition coefficient (Wildman–Crippen LogP) is 1.67. The van der Waals surface area contributed by atoms with Crippen molar-refractivity contribution in [2.75, 3.05) is 26.3 Å². The Morgan fingerprint density at radius 2 is 2.00 bits per heavy atom. The number of carbonyl (C=O) groups excluding carboxylic acids is 1. The lowest BCUT2D eigenvalue weighted by atomic mass is 9.81. The number of hydrogen-bond acceptors (Lipinski definition) is 2. The third kappa shape index (κ3) is 2.17. The van der Waals surface area contributed by atoms with Crippen LogP contribution in [0.3, 0.4) is 0 Å². The second-order valence-electron chi connectivity index (χ2n) is 5.37. The van der Waals surface area contributed by atoms with Gasteiger partial charge in [0, 0.05) is 19.0 Å². The summed E-state index contributed by atoms with van der Waals surface area (Å²) in [6, 6.07) is 0. The maximum absolute atomic E-state index is 12.3. The molecule has 1 amide bonds. The zero-order valence-electron chi connectivity index (χ0n) is 9.79. The average molecular weight is 211 g/mol. The van der Waals surface area contributed by atoms with Gasteiger partial charge in [-0.3, -0.25) is 4.79 Å². The van der Waals surface area contributed by atoms with Gasteiger partial charge in [0.25, 0.3) is 0 Å². The first-order valence-electron chi connectivity index (χ1n) is 5.98. The molecule has 0 aromatic rings. The quantitative estimate of drug-likeness (QED) is 0.660. The molecule has 0 N–H and O–H groups in total. The minimum atomic E-state index is 0.204. The van der Waals surface area contributed by atoms with Crippen molar-refractivity contribution in [1.29, 1.82) is 0 Å². The number of morpholine rings is 1. The molecule has 0 radical (unpaired) electrons. The summed E-state index contributed by atoms with van der Waals surface area (Å²) >= 11 is 0. The second-order valence-corrected chi connectivity index (χ2v) is 5.37. The van der Waals surface area contributed by atoms with E-state index in [0.717, 1.165) is 19.5 Å². The molecular weight excluding hydrogens is 190 g/mol. The molecule has 1 aliphatic carbocycles. The number of rotatable bonds is 1. The van der Waals surface area contributed by atoms with Gasteiger partial charge >= 0.3 is 0 Å². The fourth-order valence-electron chi connectivity index (χ4n) is 2.79. The van der Waals surface area contributed by atoms with E-state index in [9.17, 15) is 4.79 Å². The van der Waals surface area contributed by atoms with Gasteiger partial charge in [0.2, 0.25) is 5.91 Å². The molecule has 3 nitrogen and oxygen atoms in total. The van der Waals surface area contributed by atoms with E-state index in [4.69, 9.17) is 4.74 Å². The van der Waals surface area contributed by atoms with Crippen LogP contribution in [-0.4, -0.2) is 37.1 Å². The van der Waals surface area contributed by atoms with Crippen molar-refractivity contribution < 1.29 is 9.53 Å². The minimum Gasteiger partial charge on any atom is -0.378 e. The highest BCUT2D eigenvalue weighted by Crippen LogP contribution is 2.43. The van der Waals surface area contributed by atoms with Gasteiger partial charge in [0.15, 0.2) is 0 Å². The molecule has 15 heavy (non-hydrogen) atoms. The van der Waals surface area contributed by atoms with Crippen molar-refractivity contribution >= 4 is 5.91 Å². The highest BCUT2D eigenvalue weighted by molar-refractivity contribution is 5.80. The van der Waals surface area contributed by atoms with Crippen molar-refractivity contribution in [1.82, 2.24) is 4.90 Å². The number of nitrogens with zero attached hydrogens (tertiary/aromatic N) is 1. The molecule has 2 aliphatic rings. The molecule has 86 valence electrons. The summed E-state index contributed by atoms with van der Waals surface area (Å²) in [4.78, 5) is 14.3. The van der Waals surface area contributed by atoms with E-state index in [1.165, 1.54) is 12.8 Å². The van der Waals surface area contributed by atoms with Gasteiger partial charge in [-0.2, -0.15) is 0 Å². The van der Waals surface area contributed by atoms with Gasteiger partial charge in [0.05, 0.1) is 13.2 Å². The smallest absolute Gasteiger partial charge is 0.226 e. The van der Waals surface area contributed by atoms with Crippen LogP contribution in [0.1, 0.15) is 33.1 Å². The van der Waals surface area contributed by atoms with Gasteiger partial charge in [-0.15, -0.1) is 0 Å². The summed E-state index contributed by atoms with van der Waals surface area (Å²) in [5, 5.41) is 0. The largest absolute Gasteiger partial charge is 0.378 e. The molecule has 2 rings (SSSR count). The summed E-state index contributed by atoms with van der Waals surface area (Å²) in [7, 11) is 0. The molecule has 1 unspecified atom stereocenters. The van der Waals surface area contributed by atoms with Gasteiger partial charge in [0.1, 0.15) is 0 Å². The monoisotopic (exact) mass is 211 g/mol. The maximum atomic E-state index is 12.3. The summed E-state index contributed by atoms with van der Waals surface area (Å²) in [6.07, 6.45) is 3.46. The van der Waals surface area contributed by atoms with E-state index < -0.39 is 0 Å². The van der Waals surface area contributed by atoms with Crippen molar-refractivity contribution in [3.8, 4) is 0 Å². The second kappa shape index (κ2) is 4.12. The van der Waals surface area contributed by atoms with Gasteiger partial charge in [-0.1, -0.05) is 20.3 Å². The molecule has 0 aromatic carbocycles. The first-order chi connectivity index (χ1) is 7.11. The van der Waals surface area contributed by atoms with Crippen LogP contribution in [0.5, 0.6) is 0 Å². The van der Waals surface area contributed by atoms with Crippen LogP contribution in [0.25, 0.3) is 0 Å². The number of carbonyl (C=O) groups is 1. The van der Waals surface area contributed by atoms with Crippen LogP contribution in [-0.2, 0) is 9.53 Å². The highest BCUT2D eigenvalue weighted by Gasteiger charge is 2.41. The molecule has 2 fully saturated rings. The molecule has 0 spiro atoms. The summed E-state index contributed by atoms with van der Waals surface area (Å²) in [6.45, 7) is 7.43. The molecule has 0 bridgehead atoms. The van der Waals surface area contributed by atoms with Crippen molar-refractivity contribution in [3.63, 3.8) is 0 Å². The lowest BCUT2D eigenvalue weighted by Crippen LogP contribution is -2.45. The Morgan fingerprint density at radius 3 is 2.53 bits per heavy atom. The predicted molar refractivity (Wildman–Crippen MR) is 58.5 cm³/mol. The first-order valence-corrected chi connectivity index (χ1v) is 5.98. The van der Waals surface area contributed by atoms with Crippen LogP contribution < -0.4 is 0 Å².